The summed E-state index contributed by atoms with van der Waals surface area (Å²) in [5, 5.41) is -0.106. The van der Waals surface area contributed by atoms with E-state index in [-0.39, 0.29) is 5.30 Å². The van der Waals surface area contributed by atoms with Gasteiger partial charge in [-0.15, -0.1) is 0 Å². The Kier molecular flexibility index (Phi) is 3.43. The van der Waals surface area contributed by atoms with Crippen molar-refractivity contribution in [2.75, 3.05) is 0 Å². The van der Waals surface area contributed by atoms with Gasteiger partial charge in [-0.2, -0.15) is 0 Å². The van der Waals surface area contributed by atoms with Gasteiger partial charge in [0.15, 0.2) is 0 Å². The molecule has 0 saturated heterocycles. The molecule has 0 radical (unpaired) electrons. The van der Waals surface area contributed by atoms with E-state index >= 15 is 0 Å². The predicted molar refractivity (Wildman–Crippen MR) is 50.2 cm³/mol. The zero-order valence-electron chi connectivity index (χ0n) is 8.19. The van der Waals surface area contributed by atoms with Crippen molar-refractivity contribution >= 4 is 12.9 Å². The molecule has 0 atom stereocenters. The Morgan fingerprint density at radius 2 is 2.00 bits per heavy atom. The summed E-state index contributed by atoms with van der Waals surface area (Å²) in [7, 11) is -4.69. The minimum Gasteiger partial charge on any atom is -0.807 e. The first kappa shape index (κ1) is 11.4. The van der Waals surface area contributed by atoms with E-state index in [4.69, 9.17) is 0 Å². The largest absolute Gasteiger partial charge is 0.807 e. The lowest BCUT2D eigenvalue weighted by Crippen LogP contribution is -2.30. The first-order valence-electron chi connectivity index (χ1n) is 4.50. The van der Waals surface area contributed by atoms with Crippen LogP contribution in [0.2, 0.25) is 0 Å². The van der Waals surface area contributed by atoms with Gasteiger partial charge in [0.1, 0.15) is 0 Å². The Morgan fingerprint density at radius 1 is 1.36 bits per heavy atom. The van der Waals surface area contributed by atoms with Gasteiger partial charge < -0.3 is 14.4 Å². The second-order valence-electron chi connectivity index (χ2n) is 2.97. The van der Waals surface area contributed by atoms with Crippen molar-refractivity contribution in [3.63, 3.8) is 0 Å². The molecule has 5 heteroatoms. The molecule has 0 spiro atoms. The van der Waals surface area contributed by atoms with E-state index in [2.05, 4.69) is 4.98 Å². The smallest absolute Gasteiger partial charge is 0.0487 e. The average Bonchev–Trinajstić information content (AvgIpc) is 2.15. The lowest BCUT2D eigenvalue weighted by atomic mass is 10.1. The zero-order chi connectivity index (χ0) is 10.8. The van der Waals surface area contributed by atoms with Crippen LogP contribution in [0.15, 0.2) is 12.3 Å². The summed E-state index contributed by atoms with van der Waals surface area (Å²) in [5.41, 5.74) is 0.933. The number of nitrogens with zero attached hydrogens (tertiary/aromatic N) is 1. The van der Waals surface area contributed by atoms with E-state index in [1.807, 2.05) is 6.92 Å². The molecular weight excluding hydrogens is 201 g/mol. The molecule has 0 aliphatic carbocycles. The van der Waals surface area contributed by atoms with E-state index in [0.717, 1.165) is 0 Å². The molecule has 0 unspecified atom stereocenters. The monoisotopic (exact) mass is 213 g/mol. The molecule has 0 amide bonds. The Balaban J connectivity index is 3.42. The minimum absolute atomic E-state index is 0.106. The molecule has 0 aliphatic rings. The van der Waals surface area contributed by atoms with Crippen molar-refractivity contribution in [2.45, 2.75) is 26.7 Å². The fourth-order valence-corrected chi connectivity index (χ4v) is 2.54. The van der Waals surface area contributed by atoms with Gasteiger partial charge >= 0.3 is 0 Å². The molecule has 0 saturated carbocycles. The zero-order valence-corrected chi connectivity index (χ0v) is 9.08. The maximum atomic E-state index is 11.0. The van der Waals surface area contributed by atoms with Crippen LogP contribution in [0.5, 0.6) is 0 Å². The highest BCUT2D eigenvalue weighted by Gasteiger charge is 2.10. The number of aromatic nitrogens is 1. The summed E-state index contributed by atoms with van der Waals surface area (Å²) >= 11 is 0. The highest BCUT2D eigenvalue weighted by molar-refractivity contribution is 7.57. The van der Waals surface area contributed by atoms with Gasteiger partial charge in [0.2, 0.25) is 0 Å². The molecule has 0 fully saturated rings. The molecule has 1 aromatic heterocycles. The maximum Gasteiger partial charge on any atom is 0.0487 e. The van der Waals surface area contributed by atoms with Gasteiger partial charge in [-0.1, -0.05) is 13.8 Å². The van der Waals surface area contributed by atoms with Crippen LogP contribution in [-0.2, 0) is 17.4 Å². The van der Waals surface area contributed by atoms with Crippen LogP contribution < -0.4 is 15.1 Å². The van der Waals surface area contributed by atoms with E-state index in [1.54, 1.807) is 13.0 Å². The molecule has 0 aromatic carbocycles. The molecule has 4 nitrogen and oxygen atoms in total. The number of hydrogen-bond acceptors (Lipinski definition) is 4. The number of rotatable bonds is 3. The molecule has 14 heavy (non-hydrogen) atoms. The number of hydrogen-bond donors (Lipinski definition) is 0. The van der Waals surface area contributed by atoms with Gasteiger partial charge in [-0.25, -0.2) is 0 Å². The van der Waals surface area contributed by atoms with Crippen molar-refractivity contribution in [2.24, 2.45) is 0 Å². The van der Waals surface area contributed by atoms with Crippen LogP contribution in [0.1, 0.15) is 25.1 Å². The van der Waals surface area contributed by atoms with Crippen LogP contribution in [0.25, 0.3) is 0 Å². The van der Waals surface area contributed by atoms with Gasteiger partial charge in [-0.05, 0) is 32.1 Å². The molecule has 78 valence electrons. The summed E-state index contributed by atoms with van der Waals surface area (Å²) in [4.78, 5) is 25.9. The number of aryl methyl sites for hydroxylation is 2. The summed E-state index contributed by atoms with van der Waals surface area (Å²) < 4.78 is 11.0. The highest BCUT2D eigenvalue weighted by Crippen LogP contribution is 2.26. The van der Waals surface area contributed by atoms with Crippen molar-refractivity contribution in [1.82, 2.24) is 4.98 Å². The molecule has 0 N–H and O–H groups in total. The molecule has 1 aromatic rings. The van der Waals surface area contributed by atoms with E-state index in [1.165, 1.54) is 6.20 Å². The van der Waals surface area contributed by atoms with Crippen LogP contribution in [0.4, 0.5) is 0 Å². The third kappa shape index (κ3) is 2.21. The Bertz CT molecular complexity index is 350. The first-order valence-corrected chi connectivity index (χ1v) is 6.04. The van der Waals surface area contributed by atoms with Gasteiger partial charge in [-0.3, -0.25) is 4.98 Å². The third-order valence-corrected chi connectivity index (χ3v) is 3.17. The molecular formula is C9H12NO3P-2. The standard InChI is InChI=1S/C9H14NO3P/c1-3-7-5-6-10-8(4-2)9(7)14(11,12)13/h5-6H,3-4H2,1-2H3,(H2,11,12,13)/p-2. The van der Waals surface area contributed by atoms with E-state index in [9.17, 15) is 14.4 Å². The summed E-state index contributed by atoms with van der Waals surface area (Å²) in [6.45, 7) is 3.59. The quantitative estimate of drug-likeness (QED) is 0.648. The van der Waals surface area contributed by atoms with Crippen molar-refractivity contribution in [1.29, 1.82) is 0 Å². The third-order valence-electron chi connectivity index (χ3n) is 2.07. The van der Waals surface area contributed by atoms with Crippen LogP contribution in [0.3, 0.4) is 0 Å². The lowest BCUT2D eigenvalue weighted by Gasteiger charge is -2.33. The second kappa shape index (κ2) is 4.22. The van der Waals surface area contributed by atoms with Gasteiger partial charge in [0.05, 0.1) is 0 Å². The topological polar surface area (TPSA) is 76.1 Å². The lowest BCUT2D eigenvalue weighted by molar-refractivity contribution is -0.308. The van der Waals surface area contributed by atoms with E-state index < -0.39 is 7.60 Å². The fraction of sp³-hybridized carbons (Fsp3) is 0.444. The maximum absolute atomic E-state index is 11.0. The fourth-order valence-electron chi connectivity index (χ4n) is 1.42. The molecule has 0 bridgehead atoms. The minimum atomic E-state index is -4.69. The Hall–Kier alpha value is -0.700. The Labute approximate surface area is 83.2 Å². The predicted octanol–water partition coefficient (Wildman–Crippen LogP) is -0.255. The average molecular weight is 213 g/mol. The second-order valence-corrected chi connectivity index (χ2v) is 4.41. The van der Waals surface area contributed by atoms with Gasteiger partial charge in [0.25, 0.3) is 0 Å². The normalized spacial score (nSPS) is 11.7. The van der Waals surface area contributed by atoms with Crippen molar-refractivity contribution in [3.05, 3.63) is 23.5 Å². The van der Waals surface area contributed by atoms with Crippen LogP contribution in [-0.4, -0.2) is 4.98 Å². The molecule has 1 heterocycles. The summed E-state index contributed by atoms with van der Waals surface area (Å²) in [6, 6.07) is 1.58. The summed E-state index contributed by atoms with van der Waals surface area (Å²) in [5.74, 6) is 0. The van der Waals surface area contributed by atoms with Gasteiger partial charge in [0, 0.05) is 17.2 Å². The molecule has 0 aliphatic heterocycles. The van der Waals surface area contributed by atoms with Crippen molar-refractivity contribution < 1.29 is 14.4 Å². The van der Waals surface area contributed by atoms with Crippen molar-refractivity contribution in [3.8, 4) is 0 Å². The van der Waals surface area contributed by atoms with Crippen LogP contribution >= 0.6 is 7.60 Å². The Morgan fingerprint density at radius 3 is 2.43 bits per heavy atom. The highest BCUT2D eigenvalue weighted by atomic mass is 31.2. The number of pyridine rings is 1. The SMILES string of the molecule is CCc1ccnc(CC)c1P(=O)([O-])[O-]. The first-order chi connectivity index (χ1) is 6.50. The van der Waals surface area contributed by atoms with Crippen LogP contribution in [0, 0.1) is 0 Å². The molecule has 1 rings (SSSR count). The van der Waals surface area contributed by atoms with E-state index in [0.29, 0.717) is 24.1 Å². The summed E-state index contributed by atoms with van der Waals surface area (Å²) in [6.07, 6.45) is 2.52.